The lowest BCUT2D eigenvalue weighted by atomic mass is 10.3. The van der Waals surface area contributed by atoms with Crippen LogP contribution in [0.15, 0.2) is 23.1 Å². The second-order valence-corrected chi connectivity index (χ2v) is 6.83. The number of ether oxygens (including phenoxy) is 1. The number of halogens is 1. The molecule has 0 spiro atoms. The molecule has 0 aliphatic heterocycles. The second kappa shape index (κ2) is 6.92. The Morgan fingerprint density at radius 3 is 2.75 bits per heavy atom. The normalized spacial score (nSPS) is 12.9. The van der Waals surface area contributed by atoms with E-state index in [0.29, 0.717) is 6.61 Å². The highest BCUT2D eigenvalue weighted by Crippen LogP contribution is 2.26. The van der Waals surface area contributed by atoms with Crippen LogP contribution in [0.4, 0.5) is 5.69 Å². The quantitative estimate of drug-likeness (QED) is 0.598. The van der Waals surface area contributed by atoms with Crippen molar-refractivity contribution < 1.29 is 17.9 Å². The summed E-state index contributed by atoms with van der Waals surface area (Å²) in [7, 11) is -2.41. The maximum Gasteiger partial charge on any atom is 0.238 e. The number of carbonyl (C=O) groups excluding carboxylic acids is 1. The first-order chi connectivity index (χ1) is 9.30. The number of nitrogens with one attached hydrogen (secondary N) is 1. The molecule has 0 fully saturated rings. The van der Waals surface area contributed by atoms with Crippen LogP contribution in [-0.4, -0.2) is 39.8 Å². The first-order valence-corrected chi connectivity index (χ1v) is 7.78. The zero-order valence-electron chi connectivity index (χ0n) is 11.2. The molecule has 112 valence electrons. The van der Waals surface area contributed by atoms with Crippen molar-refractivity contribution in [1.82, 2.24) is 5.32 Å². The van der Waals surface area contributed by atoms with E-state index >= 15 is 0 Å². The number of nitrogen functional groups attached to an aromatic ring is 1. The van der Waals surface area contributed by atoms with Gasteiger partial charge in [-0.25, -0.2) is 8.42 Å². The molecule has 20 heavy (non-hydrogen) atoms. The van der Waals surface area contributed by atoms with Crippen LogP contribution in [0.2, 0.25) is 5.02 Å². The molecule has 0 heterocycles. The lowest BCUT2D eigenvalue weighted by Gasteiger charge is -2.14. The van der Waals surface area contributed by atoms with Gasteiger partial charge in [-0.15, -0.1) is 0 Å². The number of hydrogen-bond acceptors (Lipinski definition) is 5. The molecule has 1 aromatic carbocycles. The van der Waals surface area contributed by atoms with E-state index in [1.54, 1.807) is 0 Å². The van der Waals surface area contributed by atoms with Gasteiger partial charge in [-0.05, 0) is 25.1 Å². The molecule has 0 aliphatic carbocycles. The van der Waals surface area contributed by atoms with Gasteiger partial charge in [0.1, 0.15) is 5.25 Å². The summed E-state index contributed by atoms with van der Waals surface area (Å²) in [6.45, 7) is 1.84. The number of nitrogens with two attached hydrogens (primary N) is 1. The van der Waals surface area contributed by atoms with Crippen molar-refractivity contribution in [3.63, 3.8) is 0 Å². The summed E-state index contributed by atoms with van der Waals surface area (Å²) >= 11 is 5.77. The van der Waals surface area contributed by atoms with Gasteiger partial charge in [0.15, 0.2) is 9.84 Å². The van der Waals surface area contributed by atoms with Gasteiger partial charge in [0.05, 0.1) is 17.2 Å². The fourth-order valence-corrected chi connectivity index (χ4v) is 3.18. The van der Waals surface area contributed by atoms with E-state index in [0.717, 1.165) is 0 Å². The summed E-state index contributed by atoms with van der Waals surface area (Å²) in [6, 6.07) is 4.12. The zero-order valence-corrected chi connectivity index (χ0v) is 12.8. The predicted octanol–water partition coefficient (Wildman–Crippen LogP) is 0.847. The highest BCUT2D eigenvalue weighted by molar-refractivity contribution is 7.93. The minimum atomic E-state index is -3.89. The highest BCUT2D eigenvalue weighted by Gasteiger charge is 2.31. The van der Waals surface area contributed by atoms with E-state index in [1.165, 1.54) is 32.2 Å². The van der Waals surface area contributed by atoms with Gasteiger partial charge < -0.3 is 15.8 Å². The lowest BCUT2D eigenvalue weighted by molar-refractivity contribution is -0.120. The summed E-state index contributed by atoms with van der Waals surface area (Å²) in [5, 5.41) is 1.45. The lowest BCUT2D eigenvalue weighted by Crippen LogP contribution is -2.39. The average Bonchev–Trinajstić information content (AvgIpc) is 2.40. The topological polar surface area (TPSA) is 98.5 Å². The molecular formula is C12H17ClN2O4S. The molecule has 1 rings (SSSR count). The third-order valence-electron chi connectivity index (χ3n) is 2.72. The van der Waals surface area contributed by atoms with Crippen molar-refractivity contribution in [2.75, 3.05) is 26.0 Å². The third kappa shape index (κ3) is 3.84. The van der Waals surface area contributed by atoms with Crippen LogP contribution in [0.5, 0.6) is 0 Å². The highest BCUT2D eigenvalue weighted by atomic mass is 35.5. The van der Waals surface area contributed by atoms with Crippen LogP contribution in [0, 0.1) is 0 Å². The number of methoxy groups -OCH3 is 1. The number of amides is 1. The van der Waals surface area contributed by atoms with Crippen molar-refractivity contribution >= 4 is 33.0 Å². The van der Waals surface area contributed by atoms with Crippen molar-refractivity contribution in [3.05, 3.63) is 23.2 Å². The van der Waals surface area contributed by atoms with Gasteiger partial charge in [-0.3, -0.25) is 4.79 Å². The number of rotatable bonds is 6. The monoisotopic (exact) mass is 320 g/mol. The molecule has 1 amide bonds. The molecule has 1 unspecified atom stereocenters. The number of hydrogen-bond donors (Lipinski definition) is 2. The third-order valence-corrected chi connectivity index (χ3v) is 5.07. The zero-order chi connectivity index (χ0) is 15.3. The summed E-state index contributed by atoms with van der Waals surface area (Å²) in [6.07, 6.45) is 0. The number of anilines is 1. The van der Waals surface area contributed by atoms with Gasteiger partial charge in [0, 0.05) is 18.7 Å². The van der Waals surface area contributed by atoms with Crippen LogP contribution in [0.3, 0.4) is 0 Å². The summed E-state index contributed by atoms with van der Waals surface area (Å²) in [5.41, 5.74) is 5.71. The Balaban J connectivity index is 2.98. The van der Waals surface area contributed by atoms with Crippen LogP contribution >= 0.6 is 11.6 Å². The van der Waals surface area contributed by atoms with Crippen LogP contribution in [-0.2, 0) is 19.4 Å². The molecule has 0 radical (unpaired) electrons. The molecule has 1 atom stereocenters. The van der Waals surface area contributed by atoms with Crippen LogP contribution in [0.25, 0.3) is 0 Å². The van der Waals surface area contributed by atoms with E-state index in [-0.39, 0.29) is 22.2 Å². The Kier molecular flexibility index (Phi) is 5.79. The van der Waals surface area contributed by atoms with E-state index in [1.807, 2.05) is 0 Å². The molecule has 0 aliphatic rings. The summed E-state index contributed by atoms with van der Waals surface area (Å²) < 4.78 is 29.5. The maximum absolute atomic E-state index is 12.3. The van der Waals surface area contributed by atoms with E-state index in [9.17, 15) is 13.2 Å². The summed E-state index contributed by atoms with van der Waals surface area (Å²) in [4.78, 5) is 11.7. The van der Waals surface area contributed by atoms with Gasteiger partial charge in [0.25, 0.3) is 0 Å². The summed E-state index contributed by atoms with van der Waals surface area (Å²) in [5.74, 6) is -0.610. The Morgan fingerprint density at radius 2 is 2.15 bits per heavy atom. The molecule has 1 aromatic rings. The molecule has 6 nitrogen and oxygen atoms in total. The van der Waals surface area contributed by atoms with Crippen molar-refractivity contribution in [1.29, 1.82) is 0 Å². The first-order valence-electron chi connectivity index (χ1n) is 5.86. The van der Waals surface area contributed by atoms with Crippen molar-refractivity contribution in [3.8, 4) is 0 Å². The fraction of sp³-hybridized carbons (Fsp3) is 0.417. The van der Waals surface area contributed by atoms with E-state index in [4.69, 9.17) is 22.1 Å². The number of sulfone groups is 1. The Morgan fingerprint density at radius 1 is 1.50 bits per heavy atom. The van der Waals surface area contributed by atoms with Gasteiger partial charge in [-0.2, -0.15) is 0 Å². The Hall–Kier alpha value is -1.31. The molecule has 0 saturated carbocycles. The van der Waals surface area contributed by atoms with Gasteiger partial charge in [0.2, 0.25) is 5.91 Å². The van der Waals surface area contributed by atoms with E-state index < -0.39 is 21.0 Å². The van der Waals surface area contributed by atoms with E-state index in [2.05, 4.69) is 5.32 Å². The van der Waals surface area contributed by atoms with Crippen LogP contribution < -0.4 is 11.1 Å². The first kappa shape index (κ1) is 16.7. The predicted molar refractivity (Wildman–Crippen MR) is 77.4 cm³/mol. The van der Waals surface area contributed by atoms with Crippen LogP contribution in [0.1, 0.15) is 6.92 Å². The largest absolute Gasteiger partial charge is 0.398 e. The second-order valence-electron chi connectivity index (χ2n) is 4.15. The molecule has 0 aromatic heterocycles. The molecule has 3 N–H and O–H groups in total. The van der Waals surface area contributed by atoms with Crippen molar-refractivity contribution in [2.45, 2.75) is 17.1 Å². The fourth-order valence-electron chi connectivity index (χ4n) is 1.51. The Bertz CT molecular complexity index is 589. The number of benzene rings is 1. The minimum absolute atomic E-state index is 0.0611. The standard InChI is InChI=1S/C12H17ClN2O4S/c1-8(12(16)15-5-6-19-2)20(17,18)11-7-9(13)3-4-10(11)14/h3-4,7-8H,5-6,14H2,1-2H3,(H,15,16). The van der Waals surface area contributed by atoms with Crippen molar-refractivity contribution in [2.24, 2.45) is 0 Å². The minimum Gasteiger partial charge on any atom is -0.398 e. The molecule has 0 saturated heterocycles. The van der Waals surface area contributed by atoms with Gasteiger partial charge >= 0.3 is 0 Å². The Labute approximate surface area is 123 Å². The van der Waals surface area contributed by atoms with Gasteiger partial charge in [-0.1, -0.05) is 11.6 Å². The molecule has 0 bridgehead atoms. The SMILES string of the molecule is COCCNC(=O)C(C)S(=O)(=O)c1cc(Cl)ccc1N. The molecular weight excluding hydrogens is 304 g/mol. The maximum atomic E-state index is 12.3. The number of carbonyl (C=O) groups is 1. The molecule has 8 heteroatoms. The average molecular weight is 321 g/mol. The smallest absolute Gasteiger partial charge is 0.238 e.